The second-order valence-corrected chi connectivity index (χ2v) is 4.62. The average molecular weight is 253 g/mol. The molecule has 18 heavy (non-hydrogen) atoms. The van der Waals surface area contributed by atoms with E-state index in [0.717, 1.165) is 11.1 Å². The summed E-state index contributed by atoms with van der Waals surface area (Å²) in [6, 6.07) is 5.74. The molecule has 0 aliphatic rings. The Hall–Kier alpha value is -1.10. The third kappa shape index (κ3) is 4.29. The number of aromatic hydroxyl groups is 1. The molecule has 0 aromatic heterocycles. The van der Waals surface area contributed by atoms with Crippen LogP contribution in [0.25, 0.3) is 0 Å². The highest BCUT2D eigenvalue weighted by atomic mass is 16.5. The van der Waals surface area contributed by atoms with E-state index in [2.05, 4.69) is 5.32 Å². The summed E-state index contributed by atoms with van der Waals surface area (Å²) in [5.74, 6) is 0.301. The van der Waals surface area contributed by atoms with Crippen LogP contribution in [0, 0.1) is 6.92 Å². The van der Waals surface area contributed by atoms with Crippen LogP contribution >= 0.6 is 0 Å². The van der Waals surface area contributed by atoms with Gasteiger partial charge in [-0.2, -0.15) is 0 Å². The monoisotopic (exact) mass is 253 g/mol. The molecule has 0 radical (unpaired) electrons. The number of hydrogen-bond acceptors (Lipinski definition) is 4. The van der Waals surface area contributed by atoms with Crippen molar-refractivity contribution in [1.29, 1.82) is 0 Å². The van der Waals surface area contributed by atoms with Crippen molar-refractivity contribution in [1.82, 2.24) is 5.32 Å². The second kappa shape index (κ2) is 7.36. The first kappa shape index (κ1) is 15.0. The molecule has 0 bridgehead atoms. The van der Waals surface area contributed by atoms with Gasteiger partial charge in [-0.25, -0.2) is 0 Å². The quantitative estimate of drug-likeness (QED) is 0.693. The molecule has 0 aliphatic heterocycles. The standard InChI is InChI=1S/C14H23NO3/c1-10-4-5-13(14(17)8-10)11(2)15-12(6-7-16)9-18-3/h4-5,8,11-12,15-17H,6-7,9H2,1-3H3. The first-order valence-corrected chi connectivity index (χ1v) is 6.23. The van der Waals surface area contributed by atoms with Gasteiger partial charge in [0.15, 0.2) is 0 Å². The summed E-state index contributed by atoms with van der Waals surface area (Å²) in [6.07, 6.45) is 0.630. The minimum atomic E-state index is 0.0114. The van der Waals surface area contributed by atoms with Gasteiger partial charge in [0.05, 0.1) is 6.61 Å². The summed E-state index contributed by atoms with van der Waals surface area (Å²) in [6.45, 7) is 4.59. The number of hydrogen-bond donors (Lipinski definition) is 3. The molecule has 0 aliphatic carbocycles. The van der Waals surface area contributed by atoms with Crippen LogP contribution in [-0.4, -0.2) is 36.6 Å². The Balaban J connectivity index is 2.70. The van der Waals surface area contributed by atoms with Crippen LogP contribution < -0.4 is 5.32 Å². The van der Waals surface area contributed by atoms with E-state index in [-0.39, 0.29) is 18.7 Å². The van der Waals surface area contributed by atoms with Gasteiger partial charge in [-0.3, -0.25) is 0 Å². The normalized spacial score (nSPS) is 14.4. The minimum absolute atomic E-state index is 0.0114. The van der Waals surface area contributed by atoms with E-state index in [0.29, 0.717) is 18.8 Å². The maximum Gasteiger partial charge on any atom is 0.120 e. The zero-order valence-electron chi connectivity index (χ0n) is 11.3. The summed E-state index contributed by atoms with van der Waals surface area (Å²) in [4.78, 5) is 0. The fourth-order valence-electron chi connectivity index (χ4n) is 2.03. The number of methoxy groups -OCH3 is 1. The average Bonchev–Trinajstić information content (AvgIpc) is 2.29. The van der Waals surface area contributed by atoms with Crippen molar-refractivity contribution in [3.63, 3.8) is 0 Å². The summed E-state index contributed by atoms with van der Waals surface area (Å²) >= 11 is 0. The van der Waals surface area contributed by atoms with Crippen molar-refractivity contribution in [2.24, 2.45) is 0 Å². The highest BCUT2D eigenvalue weighted by Crippen LogP contribution is 2.25. The molecule has 3 N–H and O–H groups in total. The van der Waals surface area contributed by atoms with Gasteiger partial charge < -0.3 is 20.3 Å². The molecule has 4 heteroatoms. The molecular formula is C14H23NO3. The van der Waals surface area contributed by atoms with Crippen LogP contribution in [0.4, 0.5) is 0 Å². The molecule has 2 unspecified atom stereocenters. The molecule has 0 saturated heterocycles. The molecule has 2 atom stereocenters. The molecule has 1 rings (SSSR count). The summed E-state index contributed by atoms with van der Waals surface area (Å²) in [5.41, 5.74) is 1.90. The van der Waals surface area contributed by atoms with Crippen molar-refractivity contribution < 1.29 is 14.9 Å². The number of phenolic OH excluding ortho intramolecular Hbond substituents is 1. The number of rotatable bonds is 7. The fourth-order valence-corrected chi connectivity index (χ4v) is 2.03. The fraction of sp³-hybridized carbons (Fsp3) is 0.571. The third-order valence-electron chi connectivity index (χ3n) is 2.98. The van der Waals surface area contributed by atoms with Gasteiger partial charge in [0, 0.05) is 31.4 Å². The maximum atomic E-state index is 9.91. The second-order valence-electron chi connectivity index (χ2n) is 4.62. The largest absolute Gasteiger partial charge is 0.508 e. The molecule has 102 valence electrons. The van der Waals surface area contributed by atoms with E-state index in [9.17, 15) is 5.11 Å². The molecule has 0 spiro atoms. The Morgan fingerprint density at radius 2 is 2.11 bits per heavy atom. The molecular weight excluding hydrogens is 230 g/mol. The van der Waals surface area contributed by atoms with Crippen molar-refractivity contribution in [3.8, 4) is 5.75 Å². The third-order valence-corrected chi connectivity index (χ3v) is 2.98. The van der Waals surface area contributed by atoms with Crippen LogP contribution in [0.2, 0.25) is 0 Å². The van der Waals surface area contributed by atoms with E-state index >= 15 is 0 Å². The molecule has 0 saturated carbocycles. The van der Waals surface area contributed by atoms with Gasteiger partial charge in [-0.15, -0.1) is 0 Å². The van der Waals surface area contributed by atoms with Gasteiger partial charge in [-0.05, 0) is 31.9 Å². The van der Waals surface area contributed by atoms with Crippen molar-refractivity contribution in [3.05, 3.63) is 29.3 Å². The van der Waals surface area contributed by atoms with E-state index in [1.165, 1.54) is 0 Å². The lowest BCUT2D eigenvalue weighted by Crippen LogP contribution is -2.36. The van der Waals surface area contributed by atoms with Crippen LogP contribution in [0.5, 0.6) is 5.75 Å². The molecule has 1 aromatic rings. The number of phenols is 1. The summed E-state index contributed by atoms with van der Waals surface area (Å²) in [7, 11) is 1.64. The topological polar surface area (TPSA) is 61.7 Å². The van der Waals surface area contributed by atoms with Gasteiger partial charge >= 0.3 is 0 Å². The zero-order valence-corrected chi connectivity index (χ0v) is 11.3. The van der Waals surface area contributed by atoms with Crippen LogP contribution in [0.15, 0.2) is 18.2 Å². The van der Waals surface area contributed by atoms with Crippen LogP contribution in [0.3, 0.4) is 0 Å². The maximum absolute atomic E-state index is 9.91. The zero-order chi connectivity index (χ0) is 13.5. The first-order valence-electron chi connectivity index (χ1n) is 6.23. The van der Waals surface area contributed by atoms with E-state index in [4.69, 9.17) is 9.84 Å². The number of aliphatic hydroxyl groups is 1. The molecule has 0 amide bonds. The summed E-state index contributed by atoms with van der Waals surface area (Å²) in [5, 5.41) is 22.3. The van der Waals surface area contributed by atoms with E-state index in [1.807, 2.05) is 26.0 Å². The molecule has 0 heterocycles. The lowest BCUT2D eigenvalue weighted by atomic mass is 10.0. The number of aliphatic hydroxyl groups excluding tert-OH is 1. The molecule has 4 nitrogen and oxygen atoms in total. The van der Waals surface area contributed by atoms with Gasteiger partial charge in [0.1, 0.15) is 5.75 Å². The highest BCUT2D eigenvalue weighted by Gasteiger charge is 2.15. The number of benzene rings is 1. The lowest BCUT2D eigenvalue weighted by molar-refractivity contribution is 0.143. The van der Waals surface area contributed by atoms with E-state index < -0.39 is 0 Å². The lowest BCUT2D eigenvalue weighted by Gasteiger charge is -2.23. The van der Waals surface area contributed by atoms with Gasteiger partial charge in [0.25, 0.3) is 0 Å². The van der Waals surface area contributed by atoms with Crippen LogP contribution in [0.1, 0.15) is 30.5 Å². The van der Waals surface area contributed by atoms with Crippen LogP contribution in [-0.2, 0) is 4.74 Å². The van der Waals surface area contributed by atoms with Crippen molar-refractivity contribution >= 4 is 0 Å². The van der Waals surface area contributed by atoms with E-state index in [1.54, 1.807) is 13.2 Å². The SMILES string of the molecule is COCC(CCO)NC(C)c1ccc(C)cc1O. The number of nitrogens with one attached hydrogen (secondary N) is 1. The Morgan fingerprint density at radius 1 is 1.39 bits per heavy atom. The van der Waals surface area contributed by atoms with Crippen molar-refractivity contribution in [2.45, 2.75) is 32.4 Å². The first-order chi connectivity index (χ1) is 8.58. The predicted molar refractivity (Wildman–Crippen MR) is 71.8 cm³/mol. The Kier molecular flexibility index (Phi) is 6.12. The smallest absolute Gasteiger partial charge is 0.120 e. The highest BCUT2D eigenvalue weighted by molar-refractivity contribution is 5.37. The molecule has 0 fully saturated rings. The number of aryl methyl sites for hydroxylation is 1. The summed E-state index contributed by atoms with van der Waals surface area (Å²) < 4.78 is 5.11. The molecule has 1 aromatic carbocycles. The minimum Gasteiger partial charge on any atom is -0.508 e. The van der Waals surface area contributed by atoms with Gasteiger partial charge in [0.2, 0.25) is 0 Å². The Morgan fingerprint density at radius 3 is 2.67 bits per heavy atom. The van der Waals surface area contributed by atoms with Crippen molar-refractivity contribution in [2.75, 3.05) is 20.3 Å². The van der Waals surface area contributed by atoms with Gasteiger partial charge in [-0.1, -0.05) is 12.1 Å². The Labute approximate surface area is 109 Å². The predicted octanol–water partition coefficient (Wildman–Crippen LogP) is 1.75. The number of ether oxygens (including phenoxy) is 1. The Bertz CT molecular complexity index is 362.